The lowest BCUT2D eigenvalue weighted by Gasteiger charge is -2.24. The number of carbonyl (C=O) groups is 3. The molecule has 8 heteroatoms. The van der Waals surface area contributed by atoms with Crippen LogP contribution < -0.4 is 10.7 Å². The van der Waals surface area contributed by atoms with Crippen LogP contribution in [0.25, 0.3) is 0 Å². The molecule has 2 aromatic carbocycles. The van der Waals surface area contributed by atoms with E-state index in [-0.39, 0.29) is 23.3 Å². The summed E-state index contributed by atoms with van der Waals surface area (Å²) in [4.78, 5) is 39.0. The zero-order valence-electron chi connectivity index (χ0n) is 16.4. The standard InChI is InChI=1S/C21H22N4O3S/c1-13-9-10-16(14(2)11-13)22-18(26)12-17-20(28)24(3)21(29)25(17)23-19(27)15-7-5-4-6-8-15/h4-11,17H,12H2,1-3H3,(H,22,26)(H,23,27). The maximum atomic E-state index is 12.6. The number of likely N-dealkylation sites (N-methyl/N-ethyl adjacent to an activating group) is 1. The van der Waals surface area contributed by atoms with Crippen molar-refractivity contribution in [1.29, 1.82) is 0 Å². The van der Waals surface area contributed by atoms with Crippen LogP contribution in [0.4, 0.5) is 5.69 Å². The molecule has 1 aliphatic rings. The zero-order valence-corrected chi connectivity index (χ0v) is 17.2. The Morgan fingerprint density at radius 2 is 1.79 bits per heavy atom. The molecule has 2 aromatic rings. The average molecular weight is 410 g/mol. The summed E-state index contributed by atoms with van der Waals surface area (Å²) in [6, 6.07) is 13.4. The monoisotopic (exact) mass is 410 g/mol. The SMILES string of the molecule is Cc1ccc(NC(=O)CC2C(=O)N(C)C(=S)N2NC(=O)c2ccccc2)c(C)c1. The smallest absolute Gasteiger partial charge is 0.269 e. The van der Waals surface area contributed by atoms with Crippen molar-refractivity contribution in [2.75, 3.05) is 12.4 Å². The molecule has 0 bridgehead atoms. The maximum absolute atomic E-state index is 12.6. The van der Waals surface area contributed by atoms with Crippen molar-refractivity contribution in [3.8, 4) is 0 Å². The molecule has 3 amide bonds. The van der Waals surface area contributed by atoms with Crippen molar-refractivity contribution in [3.63, 3.8) is 0 Å². The van der Waals surface area contributed by atoms with Crippen molar-refractivity contribution in [2.24, 2.45) is 0 Å². The lowest BCUT2D eigenvalue weighted by molar-refractivity contribution is -0.130. The van der Waals surface area contributed by atoms with Crippen molar-refractivity contribution in [2.45, 2.75) is 26.3 Å². The van der Waals surface area contributed by atoms with Gasteiger partial charge in [-0.05, 0) is 49.8 Å². The second-order valence-electron chi connectivity index (χ2n) is 6.94. The predicted molar refractivity (Wildman–Crippen MR) is 114 cm³/mol. The number of hydrogen-bond donors (Lipinski definition) is 2. The van der Waals surface area contributed by atoms with Gasteiger partial charge in [-0.3, -0.25) is 24.7 Å². The topological polar surface area (TPSA) is 81.8 Å². The fourth-order valence-electron chi connectivity index (χ4n) is 3.12. The van der Waals surface area contributed by atoms with Gasteiger partial charge in [-0.15, -0.1) is 0 Å². The number of rotatable bonds is 5. The van der Waals surface area contributed by atoms with Gasteiger partial charge in [-0.1, -0.05) is 35.9 Å². The van der Waals surface area contributed by atoms with Gasteiger partial charge < -0.3 is 5.32 Å². The highest BCUT2D eigenvalue weighted by Gasteiger charge is 2.42. The Kier molecular flexibility index (Phi) is 5.93. The van der Waals surface area contributed by atoms with Gasteiger partial charge in [0.15, 0.2) is 5.11 Å². The normalized spacial score (nSPS) is 16.2. The first-order valence-corrected chi connectivity index (χ1v) is 9.52. The van der Waals surface area contributed by atoms with Crippen LogP contribution in [0.2, 0.25) is 0 Å². The highest BCUT2D eigenvalue weighted by atomic mass is 32.1. The number of benzene rings is 2. The molecule has 150 valence electrons. The Hall–Kier alpha value is -3.26. The van der Waals surface area contributed by atoms with Gasteiger partial charge in [0.1, 0.15) is 6.04 Å². The third kappa shape index (κ3) is 4.43. The van der Waals surface area contributed by atoms with E-state index in [4.69, 9.17) is 12.2 Å². The summed E-state index contributed by atoms with van der Waals surface area (Å²) in [6.07, 6.45) is -0.147. The third-order valence-electron chi connectivity index (χ3n) is 4.71. The minimum Gasteiger partial charge on any atom is -0.326 e. The number of hydrazine groups is 1. The van der Waals surface area contributed by atoms with E-state index in [0.717, 1.165) is 11.1 Å². The summed E-state index contributed by atoms with van der Waals surface area (Å²) in [5.41, 5.74) is 5.78. The highest BCUT2D eigenvalue weighted by molar-refractivity contribution is 7.80. The van der Waals surface area contributed by atoms with E-state index < -0.39 is 11.9 Å². The van der Waals surface area contributed by atoms with Crippen molar-refractivity contribution in [3.05, 3.63) is 65.2 Å². The van der Waals surface area contributed by atoms with Gasteiger partial charge in [-0.2, -0.15) is 0 Å². The Morgan fingerprint density at radius 3 is 2.45 bits per heavy atom. The number of carbonyl (C=O) groups excluding carboxylic acids is 3. The number of anilines is 1. The van der Waals surface area contributed by atoms with Crippen LogP contribution >= 0.6 is 12.2 Å². The van der Waals surface area contributed by atoms with Crippen molar-refractivity contribution in [1.82, 2.24) is 15.3 Å². The Bertz CT molecular complexity index is 977. The molecule has 29 heavy (non-hydrogen) atoms. The van der Waals surface area contributed by atoms with E-state index in [1.54, 1.807) is 30.3 Å². The first kappa shape index (κ1) is 20.5. The van der Waals surface area contributed by atoms with Gasteiger partial charge in [0.2, 0.25) is 5.91 Å². The molecule has 0 saturated carbocycles. The van der Waals surface area contributed by atoms with Gasteiger partial charge >= 0.3 is 0 Å². The molecule has 3 rings (SSSR count). The first-order chi connectivity index (χ1) is 13.8. The first-order valence-electron chi connectivity index (χ1n) is 9.12. The number of hydrogen-bond acceptors (Lipinski definition) is 4. The Balaban J connectivity index is 1.74. The Morgan fingerprint density at radius 1 is 1.10 bits per heavy atom. The molecular weight excluding hydrogens is 388 g/mol. The molecule has 0 spiro atoms. The molecule has 1 saturated heterocycles. The molecule has 1 fully saturated rings. The van der Waals surface area contributed by atoms with Crippen LogP contribution in [0.1, 0.15) is 27.9 Å². The van der Waals surface area contributed by atoms with E-state index in [2.05, 4.69) is 10.7 Å². The van der Waals surface area contributed by atoms with E-state index in [0.29, 0.717) is 11.3 Å². The summed E-state index contributed by atoms with van der Waals surface area (Å²) < 4.78 is 0. The summed E-state index contributed by atoms with van der Waals surface area (Å²) >= 11 is 5.29. The van der Waals surface area contributed by atoms with Crippen LogP contribution in [0.5, 0.6) is 0 Å². The highest BCUT2D eigenvalue weighted by Crippen LogP contribution is 2.20. The number of nitrogens with one attached hydrogen (secondary N) is 2. The van der Waals surface area contributed by atoms with Gasteiger partial charge in [0.25, 0.3) is 11.8 Å². The van der Waals surface area contributed by atoms with Crippen LogP contribution in [-0.4, -0.2) is 45.8 Å². The third-order valence-corrected chi connectivity index (χ3v) is 5.18. The van der Waals surface area contributed by atoms with Crippen molar-refractivity contribution >= 4 is 40.7 Å². The molecule has 7 nitrogen and oxygen atoms in total. The lowest BCUT2D eigenvalue weighted by Crippen LogP contribution is -2.49. The minimum atomic E-state index is -0.911. The van der Waals surface area contributed by atoms with E-state index in [1.807, 2.05) is 32.0 Å². The molecular formula is C21H22N4O3S. The number of aryl methyl sites for hydroxylation is 2. The van der Waals surface area contributed by atoms with E-state index >= 15 is 0 Å². The van der Waals surface area contributed by atoms with Gasteiger partial charge in [0.05, 0.1) is 6.42 Å². The summed E-state index contributed by atoms with van der Waals surface area (Å²) in [5, 5.41) is 4.26. The van der Waals surface area contributed by atoms with Crippen LogP contribution in [0.3, 0.4) is 0 Å². The zero-order chi connectivity index (χ0) is 21.1. The van der Waals surface area contributed by atoms with Gasteiger partial charge in [-0.25, -0.2) is 5.01 Å². The number of nitrogens with zero attached hydrogens (tertiary/aromatic N) is 2. The minimum absolute atomic E-state index is 0.142. The van der Waals surface area contributed by atoms with Crippen LogP contribution in [0, 0.1) is 13.8 Å². The molecule has 1 aliphatic heterocycles. The summed E-state index contributed by atoms with van der Waals surface area (Å²) in [6.45, 7) is 3.87. The average Bonchev–Trinajstić information content (AvgIpc) is 2.89. The second-order valence-corrected chi connectivity index (χ2v) is 7.31. The van der Waals surface area contributed by atoms with Crippen molar-refractivity contribution < 1.29 is 14.4 Å². The fraction of sp³-hybridized carbons (Fsp3) is 0.238. The summed E-state index contributed by atoms with van der Waals surface area (Å²) in [5.74, 6) is -1.10. The quantitative estimate of drug-likeness (QED) is 0.740. The second kappa shape index (κ2) is 8.40. The lowest BCUT2D eigenvalue weighted by atomic mass is 10.1. The molecule has 2 N–H and O–H groups in total. The number of thiocarbonyl (C=S) groups is 1. The Labute approximate surface area is 174 Å². The number of amides is 3. The van der Waals surface area contributed by atoms with E-state index in [1.165, 1.54) is 17.0 Å². The molecule has 1 unspecified atom stereocenters. The van der Waals surface area contributed by atoms with Gasteiger partial charge in [0, 0.05) is 18.3 Å². The fourth-order valence-corrected chi connectivity index (χ4v) is 3.38. The molecule has 0 radical (unpaired) electrons. The summed E-state index contributed by atoms with van der Waals surface area (Å²) in [7, 11) is 1.52. The predicted octanol–water partition coefficient (Wildman–Crippen LogP) is 2.40. The van der Waals surface area contributed by atoms with Crippen LogP contribution in [-0.2, 0) is 9.59 Å². The van der Waals surface area contributed by atoms with Crippen LogP contribution in [0.15, 0.2) is 48.5 Å². The molecule has 0 aromatic heterocycles. The molecule has 1 atom stereocenters. The van der Waals surface area contributed by atoms with E-state index in [9.17, 15) is 14.4 Å². The maximum Gasteiger partial charge on any atom is 0.269 e. The molecule has 1 heterocycles. The molecule has 0 aliphatic carbocycles. The largest absolute Gasteiger partial charge is 0.326 e.